The van der Waals surface area contributed by atoms with E-state index in [9.17, 15) is 0 Å². The zero-order valence-corrected chi connectivity index (χ0v) is 14.2. The first-order chi connectivity index (χ1) is 9.44. The summed E-state index contributed by atoms with van der Waals surface area (Å²) in [5, 5.41) is 7.69. The van der Waals surface area contributed by atoms with E-state index >= 15 is 0 Å². The molecule has 2 fully saturated rings. The van der Waals surface area contributed by atoms with E-state index in [-0.39, 0.29) is 0 Å². The highest BCUT2D eigenvalue weighted by molar-refractivity contribution is 4.89. The van der Waals surface area contributed by atoms with Gasteiger partial charge in [0, 0.05) is 23.7 Å². The highest BCUT2D eigenvalue weighted by atomic mass is 15.0. The summed E-state index contributed by atoms with van der Waals surface area (Å²) < 4.78 is 0. The van der Waals surface area contributed by atoms with Gasteiger partial charge in [-0.25, -0.2) is 0 Å². The Morgan fingerprint density at radius 2 is 1.60 bits per heavy atom. The third-order valence-electron chi connectivity index (χ3n) is 5.10. The quantitative estimate of drug-likeness (QED) is 0.760. The number of hydrogen-bond donors (Lipinski definition) is 2. The largest absolute Gasteiger partial charge is 0.312 e. The molecule has 0 spiro atoms. The molecule has 2 saturated carbocycles. The SMILES string of the molecule is CC(C)NC1CCCC(CC(C)(C)NC2CCCC2)C1. The lowest BCUT2D eigenvalue weighted by atomic mass is 9.78. The Morgan fingerprint density at radius 1 is 0.950 bits per heavy atom. The second kappa shape index (κ2) is 7.26. The predicted octanol–water partition coefficient (Wildman–Crippen LogP) is 4.24. The fourth-order valence-corrected chi connectivity index (χ4v) is 4.50. The average Bonchev–Trinajstić information content (AvgIpc) is 2.79. The lowest BCUT2D eigenvalue weighted by Gasteiger charge is -2.38. The Balaban J connectivity index is 1.78. The standard InChI is InChI=1S/C18H36N2/c1-14(2)19-17-11-7-8-15(12-17)13-18(3,4)20-16-9-5-6-10-16/h14-17,19-20H,5-13H2,1-4H3. The minimum Gasteiger partial charge on any atom is -0.312 e. The van der Waals surface area contributed by atoms with E-state index in [0.29, 0.717) is 11.6 Å². The third-order valence-corrected chi connectivity index (χ3v) is 5.10. The van der Waals surface area contributed by atoms with Crippen molar-refractivity contribution in [3.63, 3.8) is 0 Å². The maximum absolute atomic E-state index is 3.94. The summed E-state index contributed by atoms with van der Waals surface area (Å²) in [5.41, 5.74) is 0.319. The van der Waals surface area contributed by atoms with E-state index in [1.54, 1.807) is 0 Å². The predicted molar refractivity (Wildman–Crippen MR) is 88.1 cm³/mol. The second-order valence-corrected chi connectivity index (χ2v) is 8.26. The van der Waals surface area contributed by atoms with Crippen LogP contribution >= 0.6 is 0 Å². The molecule has 2 N–H and O–H groups in total. The van der Waals surface area contributed by atoms with Crippen LogP contribution in [0.3, 0.4) is 0 Å². The van der Waals surface area contributed by atoms with Crippen molar-refractivity contribution in [3.8, 4) is 0 Å². The van der Waals surface area contributed by atoms with Crippen LogP contribution in [0.25, 0.3) is 0 Å². The highest BCUT2D eigenvalue weighted by Gasteiger charge is 2.30. The van der Waals surface area contributed by atoms with Crippen molar-refractivity contribution in [1.82, 2.24) is 10.6 Å². The van der Waals surface area contributed by atoms with Crippen LogP contribution in [0.4, 0.5) is 0 Å². The molecule has 0 heterocycles. The van der Waals surface area contributed by atoms with Crippen molar-refractivity contribution in [2.24, 2.45) is 5.92 Å². The van der Waals surface area contributed by atoms with Crippen LogP contribution in [-0.4, -0.2) is 23.7 Å². The summed E-state index contributed by atoms with van der Waals surface area (Å²) in [6.07, 6.45) is 12.6. The van der Waals surface area contributed by atoms with Gasteiger partial charge in [-0.15, -0.1) is 0 Å². The van der Waals surface area contributed by atoms with Crippen molar-refractivity contribution >= 4 is 0 Å². The summed E-state index contributed by atoms with van der Waals surface area (Å²) in [5.74, 6) is 0.906. The molecule has 0 radical (unpaired) electrons. The molecule has 0 aromatic carbocycles. The summed E-state index contributed by atoms with van der Waals surface area (Å²) in [6, 6.07) is 2.18. The van der Waals surface area contributed by atoms with Gasteiger partial charge in [0.05, 0.1) is 0 Å². The van der Waals surface area contributed by atoms with Crippen LogP contribution in [0.15, 0.2) is 0 Å². The fraction of sp³-hybridized carbons (Fsp3) is 1.00. The zero-order chi connectivity index (χ0) is 14.6. The molecule has 0 aromatic rings. The van der Waals surface area contributed by atoms with Gasteiger partial charge in [0.2, 0.25) is 0 Å². The van der Waals surface area contributed by atoms with Gasteiger partial charge in [0.15, 0.2) is 0 Å². The van der Waals surface area contributed by atoms with E-state index in [4.69, 9.17) is 0 Å². The van der Waals surface area contributed by atoms with Gasteiger partial charge in [0.25, 0.3) is 0 Å². The van der Waals surface area contributed by atoms with Gasteiger partial charge in [-0.05, 0) is 51.9 Å². The van der Waals surface area contributed by atoms with Crippen molar-refractivity contribution in [3.05, 3.63) is 0 Å². The minimum atomic E-state index is 0.319. The van der Waals surface area contributed by atoms with Crippen LogP contribution in [0.2, 0.25) is 0 Å². The molecule has 2 nitrogen and oxygen atoms in total. The maximum atomic E-state index is 3.94. The third kappa shape index (κ3) is 5.37. The van der Waals surface area contributed by atoms with E-state index < -0.39 is 0 Å². The smallest absolute Gasteiger partial charge is 0.0130 e. The van der Waals surface area contributed by atoms with Crippen molar-refractivity contribution < 1.29 is 0 Å². The van der Waals surface area contributed by atoms with Crippen molar-refractivity contribution in [2.45, 2.75) is 109 Å². The molecule has 2 aliphatic carbocycles. The Bertz CT molecular complexity index is 279. The molecule has 0 aromatic heterocycles. The molecule has 20 heavy (non-hydrogen) atoms. The molecule has 2 unspecified atom stereocenters. The van der Waals surface area contributed by atoms with E-state index in [1.165, 1.54) is 57.8 Å². The summed E-state index contributed by atoms with van der Waals surface area (Å²) >= 11 is 0. The average molecular weight is 280 g/mol. The first kappa shape index (κ1) is 16.3. The molecule has 2 atom stereocenters. The van der Waals surface area contributed by atoms with Gasteiger partial charge in [-0.2, -0.15) is 0 Å². The molecule has 0 aliphatic heterocycles. The summed E-state index contributed by atoms with van der Waals surface area (Å²) in [7, 11) is 0. The van der Waals surface area contributed by atoms with E-state index in [0.717, 1.165) is 18.0 Å². The first-order valence-corrected chi connectivity index (χ1v) is 8.98. The molecule has 2 rings (SSSR count). The molecule has 0 saturated heterocycles. The van der Waals surface area contributed by atoms with Crippen LogP contribution in [0.1, 0.15) is 85.5 Å². The lowest BCUT2D eigenvalue weighted by molar-refractivity contribution is 0.202. The molecule has 118 valence electrons. The van der Waals surface area contributed by atoms with Gasteiger partial charge in [-0.3, -0.25) is 0 Å². The first-order valence-electron chi connectivity index (χ1n) is 8.98. The summed E-state index contributed by atoms with van der Waals surface area (Å²) in [4.78, 5) is 0. The molecular formula is C18H36N2. The van der Waals surface area contributed by atoms with Crippen molar-refractivity contribution in [1.29, 1.82) is 0 Å². The molecular weight excluding hydrogens is 244 g/mol. The number of hydrogen-bond acceptors (Lipinski definition) is 2. The van der Waals surface area contributed by atoms with Crippen LogP contribution in [0, 0.1) is 5.92 Å². The van der Waals surface area contributed by atoms with Gasteiger partial charge >= 0.3 is 0 Å². The molecule has 0 bridgehead atoms. The van der Waals surface area contributed by atoms with Gasteiger partial charge in [-0.1, -0.05) is 39.5 Å². The zero-order valence-electron chi connectivity index (χ0n) is 14.2. The topological polar surface area (TPSA) is 24.1 Å². The van der Waals surface area contributed by atoms with Crippen LogP contribution < -0.4 is 10.6 Å². The normalized spacial score (nSPS) is 29.2. The Labute approximate surface area is 126 Å². The fourth-order valence-electron chi connectivity index (χ4n) is 4.50. The van der Waals surface area contributed by atoms with E-state index in [1.807, 2.05) is 0 Å². The van der Waals surface area contributed by atoms with E-state index in [2.05, 4.69) is 38.3 Å². The van der Waals surface area contributed by atoms with Crippen LogP contribution in [0.5, 0.6) is 0 Å². The Kier molecular flexibility index (Phi) is 5.92. The van der Waals surface area contributed by atoms with Crippen molar-refractivity contribution in [2.75, 3.05) is 0 Å². The molecule has 2 heteroatoms. The monoisotopic (exact) mass is 280 g/mol. The lowest BCUT2D eigenvalue weighted by Crippen LogP contribution is -2.47. The number of nitrogens with one attached hydrogen (secondary N) is 2. The summed E-state index contributed by atoms with van der Waals surface area (Å²) in [6.45, 7) is 9.39. The second-order valence-electron chi connectivity index (χ2n) is 8.26. The Morgan fingerprint density at radius 3 is 2.25 bits per heavy atom. The van der Waals surface area contributed by atoms with Gasteiger partial charge < -0.3 is 10.6 Å². The highest BCUT2D eigenvalue weighted by Crippen LogP contribution is 2.32. The molecule has 2 aliphatic rings. The molecule has 0 amide bonds. The Hall–Kier alpha value is -0.0800. The maximum Gasteiger partial charge on any atom is 0.0130 e. The number of rotatable bonds is 6. The van der Waals surface area contributed by atoms with Gasteiger partial charge in [0.1, 0.15) is 0 Å². The van der Waals surface area contributed by atoms with Crippen LogP contribution in [-0.2, 0) is 0 Å². The minimum absolute atomic E-state index is 0.319.